The second kappa shape index (κ2) is 10.9. The standard InChI is InChI=1S/C18H37N5O/c1-4-19-18(20-14-16-8-6-10-22(16)5-2)21-15-17-9-7-11-23(17)12-13-24-3/h16-17H,4-15H2,1-3H3,(H2,19,20,21). The lowest BCUT2D eigenvalue weighted by Crippen LogP contribution is -2.46. The van der Waals surface area contributed by atoms with Crippen LogP contribution in [0.15, 0.2) is 4.99 Å². The number of hydrogen-bond acceptors (Lipinski definition) is 4. The number of guanidine groups is 1. The Hall–Kier alpha value is -0.850. The largest absolute Gasteiger partial charge is 0.383 e. The fourth-order valence-corrected chi connectivity index (χ4v) is 3.90. The van der Waals surface area contributed by atoms with Crippen LogP contribution in [-0.2, 0) is 4.74 Å². The predicted octanol–water partition coefficient (Wildman–Crippen LogP) is 1.14. The predicted molar refractivity (Wildman–Crippen MR) is 101 cm³/mol. The minimum Gasteiger partial charge on any atom is -0.383 e. The molecule has 0 aromatic carbocycles. The molecule has 0 aliphatic carbocycles. The van der Waals surface area contributed by atoms with E-state index in [1.165, 1.54) is 38.8 Å². The van der Waals surface area contributed by atoms with Crippen molar-refractivity contribution in [3.05, 3.63) is 0 Å². The van der Waals surface area contributed by atoms with E-state index >= 15 is 0 Å². The summed E-state index contributed by atoms with van der Waals surface area (Å²) >= 11 is 0. The molecule has 2 rings (SSSR count). The number of likely N-dealkylation sites (tertiary alicyclic amines) is 2. The van der Waals surface area contributed by atoms with Gasteiger partial charge in [0.15, 0.2) is 5.96 Å². The van der Waals surface area contributed by atoms with Crippen molar-refractivity contribution >= 4 is 5.96 Å². The first-order chi connectivity index (χ1) is 11.8. The maximum atomic E-state index is 5.23. The normalized spacial score (nSPS) is 26.2. The van der Waals surface area contributed by atoms with E-state index in [1.54, 1.807) is 7.11 Å². The number of nitrogens with zero attached hydrogens (tertiary/aromatic N) is 3. The highest BCUT2D eigenvalue weighted by atomic mass is 16.5. The van der Waals surface area contributed by atoms with E-state index in [0.717, 1.165) is 45.3 Å². The second-order valence-electron chi connectivity index (χ2n) is 6.85. The summed E-state index contributed by atoms with van der Waals surface area (Å²) < 4.78 is 5.23. The minimum atomic E-state index is 0.600. The van der Waals surface area contributed by atoms with Crippen LogP contribution in [0, 0.1) is 0 Å². The van der Waals surface area contributed by atoms with Gasteiger partial charge >= 0.3 is 0 Å². The monoisotopic (exact) mass is 339 g/mol. The summed E-state index contributed by atoms with van der Waals surface area (Å²) in [6, 6.07) is 1.22. The highest BCUT2D eigenvalue weighted by Gasteiger charge is 2.25. The number of nitrogens with one attached hydrogen (secondary N) is 2. The van der Waals surface area contributed by atoms with Gasteiger partial charge in [0.2, 0.25) is 0 Å². The van der Waals surface area contributed by atoms with E-state index in [0.29, 0.717) is 12.1 Å². The molecule has 2 aliphatic rings. The molecule has 0 amide bonds. The summed E-state index contributed by atoms with van der Waals surface area (Å²) in [4.78, 5) is 9.94. The number of methoxy groups -OCH3 is 1. The lowest BCUT2D eigenvalue weighted by Gasteiger charge is -2.25. The Kier molecular flexibility index (Phi) is 8.84. The summed E-state index contributed by atoms with van der Waals surface area (Å²) in [6.07, 6.45) is 5.15. The van der Waals surface area contributed by atoms with Crippen LogP contribution in [0.25, 0.3) is 0 Å². The fraction of sp³-hybridized carbons (Fsp3) is 0.944. The molecule has 2 N–H and O–H groups in total. The van der Waals surface area contributed by atoms with Crippen molar-refractivity contribution < 1.29 is 4.74 Å². The third kappa shape index (κ3) is 5.90. The number of rotatable bonds is 9. The van der Waals surface area contributed by atoms with Gasteiger partial charge in [0.25, 0.3) is 0 Å². The molecule has 0 radical (unpaired) electrons. The van der Waals surface area contributed by atoms with Crippen molar-refractivity contribution in [1.29, 1.82) is 0 Å². The minimum absolute atomic E-state index is 0.600. The Morgan fingerprint density at radius 3 is 2.54 bits per heavy atom. The maximum absolute atomic E-state index is 5.23. The van der Waals surface area contributed by atoms with Gasteiger partial charge in [-0.15, -0.1) is 0 Å². The molecule has 6 nitrogen and oxygen atoms in total. The van der Waals surface area contributed by atoms with Crippen molar-refractivity contribution in [2.24, 2.45) is 4.99 Å². The molecule has 0 aromatic rings. The van der Waals surface area contributed by atoms with Crippen molar-refractivity contribution in [3.8, 4) is 0 Å². The van der Waals surface area contributed by atoms with E-state index < -0.39 is 0 Å². The molecule has 2 fully saturated rings. The Balaban J connectivity index is 1.80. The summed E-state index contributed by atoms with van der Waals surface area (Å²) in [6.45, 7) is 12.6. The van der Waals surface area contributed by atoms with E-state index in [2.05, 4.69) is 34.3 Å². The zero-order valence-corrected chi connectivity index (χ0v) is 15.9. The lowest BCUT2D eigenvalue weighted by molar-refractivity contribution is 0.141. The zero-order chi connectivity index (χ0) is 17.2. The van der Waals surface area contributed by atoms with E-state index in [-0.39, 0.29) is 0 Å². The lowest BCUT2D eigenvalue weighted by atomic mass is 10.2. The molecule has 2 unspecified atom stereocenters. The van der Waals surface area contributed by atoms with Gasteiger partial charge in [-0.3, -0.25) is 14.8 Å². The van der Waals surface area contributed by atoms with Crippen LogP contribution in [0.2, 0.25) is 0 Å². The SMILES string of the molecule is CCNC(=NCC1CCCN1CC)NCC1CCCN1CCOC. The highest BCUT2D eigenvalue weighted by Crippen LogP contribution is 2.17. The first-order valence-electron chi connectivity index (χ1n) is 9.77. The first kappa shape index (κ1) is 19.5. The van der Waals surface area contributed by atoms with Crippen LogP contribution in [-0.4, -0.2) is 87.4 Å². The fourth-order valence-electron chi connectivity index (χ4n) is 3.90. The van der Waals surface area contributed by atoms with Gasteiger partial charge in [0.1, 0.15) is 0 Å². The molecule has 2 heterocycles. The van der Waals surface area contributed by atoms with Gasteiger partial charge in [-0.1, -0.05) is 6.92 Å². The van der Waals surface area contributed by atoms with E-state index in [4.69, 9.17) is 9.73 Å². The van der Waals surface area contributed by atoms with Crippen LogP contribution in [0.3, 0.4) is 0 Å². The molecule has 6 heteroatoms. The van der Waals surface area contributed by atoms with Gasteiger partial charge in [-0.05, 0) is 52.2 Å². The summed E-state index contributed by atoms with van der Waals surface area (Å²) in [5.41, 5.74) is 0. The summed E-state index contributed by atoms with van der Waals surface area (Å²) in [5.74, 6) is 0.971. The molecule has 2 atom stereocenters. The van der Waals surface area contributed by atoms with Crippen molar-refractivity contribution in [1.82, 2.24) is 20.4 Å². The Morgan fingerprint density at radius 1 is 1.08 bits per heavy atom. The quantitative estimate of drug-likeness (QED) is 0.487. The number of aliphatic imine (C=N–C) groups is 1. The van der Waals surface area contributed by atoms with Gasteiger partial charge in [-0.25, -0.2) is 0 Å². The topological polar surface area (TPSA) is 52.1 Å². The summed E-state index contributed by atoms with van der Waals surface area (Å²) in [7, 11) is 1.78. The molecule has 0 saturated carbocycles. The van der Waals surface area contributed by atoms with E-state index in [9.17, 15) is 0 Å². The average molecular weight is 340 g/mol. The highest BCUT2D eigenvalue weighted by molar-refractivity contribution is 5.79. The third-order valence-corrected chi connectivity index (χ3v) is 5.30. The molecular formula is C18H37N5O. The zero-order valence-electron chi connectivity index (χ0n) is 15.9. The molecule has 0 aromatic heterocycles. The molecule has 0 spiro atoms. The van der Waals surface area contributed by atoms with Gasteiger partial charge < -0.3 is 15.4 Å². The first-order valence-corrected chi connectivity index (χ1v) is 9.77. The van der Waals surface area contributed by atoms with Crippen molar-refractivity contribution in [2.45, 2.75) is 51.6 Å². The van der Waals surface area contributed by atoms with E-state index in [1.807, 2.05) is 0 Å². The third-order valence-electron chi connectivity index (χ3n) is 5.30. The maximum Gasteiger partial charge on any atom is 0.191 e. The smallest absolute Gasteiger partial charge is 0.191 e. The number of hydrogen-bond donors (Lipinski definition) is 2. The summed E-state index contributed by atoms with van der Waals surface area (Å²) in [5, 5.41) is 6.96. The van der Waals surface area contributed by atoms with Gasteiger partial charge in [0, 0.05) is 38.8 Å². The second-order valence-corrected chi connectivity index (χ2v) is 6.85. The molecule has 24 heavy (non-hydrogen) atoms. The van der Waals surface area contributed by atoms with Crippen molar-refractivity contribution in [3.63, 3.8) is 0 Å². The molecule has 0 bridgehead atoms. The van der Waals surface area contributed by atoms with Gasteiger partial charge in [0.05, 0.1) is 13.2 Å². The number of ether oxygens (including phenoxy) is 1. The van der Waals surface area contributed by atoms with Crippen LogP contribution >= 0.6 is 0 Å². The molecular weight excluding hydrogens is 302 g/mol. The average Bonchev–Trinajstić information content (AvgIpc) is 3.24. The number of likely N-dealkylation sites (N-methyl/N-ethyl adjacent to an activating group) is 1. The Morgan fingerprint density at radius 2 is 1.83 bits per heavy atom. The van der Waals surface area contributed by atoms with Crippen molar-refractivity contribution in [2.75, 3.05) is 59.5 Å². The van der Waals surface area contributed by atoms with Crippen LogP contribution in [0.4, 0.5) is 0 Å². The van der Waals surface area contributed by atoms with Crippen LogP contribution in [0.5, 0.6) is 0 Å². The van der Waals surface area contributed by atoms with Crippen LogP contribution < -0.4 is 10.6 Å². The molecule has 140 valence electrons. The van der Waals surface area contributed by atoms with Gasteiger partial charge in [-0.2, -0.15) is 0 Å². The molecule has 2 saturated heterocycles. The Labute approximate surface area is 148 Å². The van der Waals surface area contributed by atoms with Crippen LogP contribution in [0.1, 0.15) is 39.5 Å². The molecule has 2 aliphatic heterocycles. The Bertz CT molecular complexity index is 376.